The Bertz CT molecular complexity index is 1120. The SMILES string of the molecule is Cc1cc(NC(=O)CSc2nc(C)c(C)c(C)c2C#N)ccc1Oc1cccnc1. The van der Waals surface area contributed by atoms with Crippen LogP contribution in [-0.4, -0.2) is 21.6 Å². The molecule has 30 heavy (non-hydrogen) atoms. The van der Waals surface area contributed by atoms with Gasteiger partial charge in [-0.15, -0.1) is 0 Å². The van der Waals surface area contributed by atoms with Crippen LogP contribution in [0, 0.1) is 39.0 Å². The van der Waals surface area contributed by atoms with E-state index in [4.69, 9.17) is 4.74 Å². The van der Waals surface area contributed by atoms with E-state index in [0.29, 0.717) is 27.8 Å². The molecule has 3 aromatic rings. The summed E-state index contributed by atoms with van der Waals surface area (Å²) in [7, 11) is 0. The van der Waals surface area contributed by atoms with Crippen molar-refractivity contribution in [2.45, 2.75) is 32.7 Å². The normalized spacial score (nSPS) is 10.4. The smallest absolute Gasteiger partial charge is 0.234 e. The fraction of sp³-hybridized carbons (Fsp3) is 0.217. The maximum Gasteiger partial charge on any atom is 0.234 e. The molecule has 0 aliphatic heterocycles. The van der Waals surface area contributed by atoms with E-state index in [9.17, 15) is 10.1 Å². The lowest BCUT2D eigenvalue weighted by Gasteiger charge is -2.12. The maximum absolute atomic E-state index is 12.4. The summed E-state index contributed by atoms with van der Waals surface area (Å²) in [5.41, 5.74) is 4.89. The second kappa shape index (κ2) is 9.42. The lowest BCUT2D eigenvalue weighted by Crippen LogP contribution is -2.14. The number of anilines is 1. The second-order valence-electron chi connectivity index (χ2n) is 6.85. The second-order valence-corrected chi connectivity index (χ2v) is 7.81. The molecule has 6 nitrogen and oxygen atoms in total. The molecule has 2 aromatic heterocycles. The number of carbonyl (C=O) groups excluding carboxylic acids is 1. The van der Waals surface area contributed by atoms with Crippen molar-refractivity contribution in [2.24, 2.45) is 0 Å². The molecule has 0 atom stereocenters. The Hall–Kier alpha value is -3.37. The van der Waals surface area contributed by atoms with Crippen LogP contribution in [0.4, 0.5) is 5.69 Å². The van der Waals surface area contributed by atoms with Gasteiger partial charge in [0, 0.05) is 17.6 Å². The van der Waals surface area contributed by atoms with E-state index in [1.165, 1.54) is 11.8 Å². The van der Waals surface area contributed by atoms with Crippen LogP contribution in [0.15, 0.2) is 47.8 Å². The Morgan fingerprint density at radius 1 is 1.20 bits per heavy atom. The standard InChI is InChI=1S/C23H22N4O2S/c1-14-10-18(7-8-21(14)29-19-6-5-9-25-12-19)27-22(28)13-30-23-20(11-24)16(3)15(2)17(4)26-23/h5-10,12H,13H2,1-4H3,(H,27,28). The first-order valence-corrected chi connectivity index (χ1v) is 10.4. The summed E-state index contributed by atoms with van der Waals surface area (Å²) in [5.74, 6) is 1.35. The monoisotopic (exact) mass is 418 g/mol. The van der Waals surface area contributed by atoms with Gasteiger partial charge in [-0.05, 0) is 74.7 Å². The van der Waals surface area contributed by atoms with E-state index in [1.807, 2.05) is 45.9 Å². The minimum absolute atomic E-state index is 0.163. The van der Waals surface area contributed by atoms with E-state index in [1.54, 1.807) is 24.5 Å². The molecule has 0 aliphatic rings. The summed E-state index contributed by atoms with van der Waals surface area (Å²) >= 11 is 1.27. The maximum atomic E-state index is 12.4. The van der Waals surface area contributed by atoms with Gasteiger partial charge in [0.25, 0.3) is 0 Å². The Morgan fingerprint density at radius 3 is 2.67 bits per heavy atom. The van der Waals surface area contributed by atoms with Crippen molar-refractivity contribution < 1.29 is 9.53 Å². The lowest BCUT2D eigenvalue weighted by molar-refractivity contribution is -0.113. The molecule has 0 aliphatic carbocycles. The molecule has 3 rings (SSSR count). The van der Waals surface area contributed by atoms with Crippen molar-refractivity contribution in [2.75, 3.05) is 11.1 Å². The van der Waals surface area contributed by atoms with E-state index in [-0.39, 0.29) is 11.7 Å². The highest BCUT2D eigenvalue weighted by atomic mass is 32.2. The first-order chi connectivity index (χ1) is 14.4. The number of benzene rings is 1. The van der Waals surface area contributed by atoms with Gasteiger partial charge in [0.05, 0.1) is 17.5 Å². The number of pyridine rings is 2. The summed E-state index contributed by atoms with van der Waals surface area (Å²) < 4.78 is 5.81. The van der Waals surface area contributed by atoms with Crippen molar-refractivity contribution in [1.29, 1.82) is 5.26 Å². The molecule has 0 saturated carbocycles. The van der Waals surface area contributed by atoms with Crippen LogP contribution in [0.2, 0.25) is 0 Å². The predicted molar refractivity (Wildman–Crippen MR) is 118 cm³/mol. The van der Waals surface area contributed by atoms with Crippen LogP contribution in [0.3, 0.4) is 0 Å². The van der Waals surface area contributed by atoms with Crippen LogP contribution in [0.1, 0.15) is 27.9 Å². The molecule has 152 valence electrons. The number of amides is 1. The van der Waals surface area contributed by atoms with Gasteiger partial charge in [-0.25, -0.2) is 4.98 Å². The number of hydrogen-bond donors (Lipinski definition) is 1. The largest absolute Gasteiger partial charge is 0.455 e. The zero-order valence-corrected chi connectivity index (χ0v) is 18.1. The minimum atomic E-state index is -0.165. The first-order valence-electron chi connectivity index (χ1n) is 9.38. The molecule has 7 heteroatoms. The summed E-state index contributed by atoms with van der Waals surface area (Å²) in [6.45, 7) is 7.68. The third-order valence-corrected chi connectivity index (χ3v) is 5.71. The molecule has 0 bridgehead atoms. The van der Waals surface area contributed by atoms with E-state index in [0.717, 1.165) is 22.4 Å². The van der Waals surface area contributed by atoms with Gasteiger partial charge < -0.3 is 10.1 Å². The van der Waals surface area contributed by atoms with Crippen molar-refractivity contribution in [1.82, 2.24) is 9.97 Å². The number of ether oxygens (including phenoxy) is 1. The summed E-state index contributed by atoms with van der Waals surface area (Å²) in [5, 5.41) is 12.9. The van der Waals surface area contributed by atoms with Crippen LogP contribution < -0.4 is 10.1 Å². The van der Waals surface area contributed by atoms with Crippen molar-refractivity contribution in [3.8, 4) is 17.6 Å². The average molecular weight is 419 g/mol. The Balaban J connectivity index is 1.65. The molecule has 0 radical (unpaired) electrons. The highest BCUT2D eigenvalue weighted by Crippen LogP contribution is 2.28. The molecule has 0 saturated heterocycles. The number of aryl methyl sites for hydroxylation is 2. The van der Waals surface area contributed by atoms with E-state index < -0.39 is 0 Å². The molecule has 1 amide bonds. The number of nitrogens with one attached hydrogen (secondary N) is 1. The summed E-state index contributed by atoms with van der Waals surface area (Å²) in [6, 6.07) is 11.3. The molecule has 2 heterocycles. The molecular formula is C23H22N4O2S. The molecule has 0 spiro atoms. The van der Waals surface area contributed by atoms with Crippen LogP contribution >= 0.6 is 11.8 Å². The number of nitrogens with zero attached hydrogens (tertiary/aromatic N) is 3. The Morgan fingerprint density at radius 2 is 2.00 bits per heavy atom. The average Bonchev–Trinajstić information content (AvgIpc) is 2.73. The van der Waals surface area contributed by atoms with Gasteiger partial charge >= 0.3 is 0 Å². The number of hydrogen-bond acceptors (Lipinski definition) is 6. The van der Waals surface area contributed by atoms with Crippen LogP contribution in [0.25, 0.3) is 0 Å². The zero-order valence-electron chi connectivity index (χ0n) is 17.3. The topological polar surface area (TPSA) is 87.9 Å². The number of rotatable bonds is 6. The number of carbonyl (C=O) groups is 1. The van der Waals surface area contributed by atoms with E-state index in [2.05, 4.69) is 21.4 Å². The quantitative estimate of drug-likeness (QED) is 0.560. The Kier molecular flexibility index (Phi) is 6.70. The van der Waals surface area contributed by atoms with Gasteiger partial charge in [-0.1, -0.05) is 11.8 Å². The first kappa shape index (κ1) is 21.3. The van der Waals surface area contributed by atoms with Gasteiger partial charge in [0.15, 0.2) is 0 Å². The molecule has 1 aromatic carbocycles. The van der Waals surface area contributed by atoms with Crippen molar-refractivity contribution >= 4 is 23.4 Å². The van der Waals surface area contributed by atoms with Gasteiger partial charge in [0.1, 0.15) is 22.6 Å². The third kappa shape index (κ3) is 4.97. The molecule has 1 N–H and O–H groups in total. The summed E-state index contributed by atoms with van der Waals surface area (Å²) in [4.78, 5) is 20.9. The Labute approximate surface area is 180 Å². The predicted octanol–water partition coefficient (Wildman–Crippen LogP) is 5.11. The van der Waals surface area contributed by atoms with E-state index >= 15 is 0 Å². The number of aromatic nitrogens is 2. The fourth-order valence-corrected chi connectivity index (χ4v) is 3.74. The zero-order chi connectivity index (χ0) is 21.7. The molecular weight excluding hydrogens is 396 g/mol. The minimum Gasteiger partial charge on any atom is -0.455 e. The highest BCUT2D eigenvalue weighted by Gasteiger charge is 2.14. The molecule has 0 fully saturated rings. The van der Waals surface area contributed by atoms with Gasteiger partial charge in [-0.2, -0.15) is 5.26 Å². The lowest BCUT2D eigenvalue weighted by atomic mass is 10.1. The number of nitriles is 1. The van der Waals surface area contributed by atoms with Crippen molar-refractivity contribution in [3.63, 3.8) is 0 Å². The third-order valence-electron chi connectivity index (χ3n) is 4.74. The molecule has 0 unspecified atom stereocenters. The highest BCUT2D eigenvalue weighted by molar-refractivity contribution is 8.00. The van der Waals surface area contributed by atoms with Crippen LogP contribution in [-0.2, 0) is 4.79 Å². The van der Waals surface area contributed by atoms with Crippen molar-refractivity contribution in [3.05, 3.63) is 70.7 Å². The number of thioether (sulfide) groups is 1. The van der Waals surface area contributed by atoms with Gasteiger partial charge in [-0.3, -0.25) is 9.78 Å². The fourth-order valence-electron chi connectivity index (χ4n) is 2.85. The summed E-state index contributed by atoms with van der Waals surface area (Å²) in [6.07, 6.45) is 3.33. The van der Waals surface area contributed by atoms with Gasteiger partial charge in [0.2, 0.25) is 5.91 Å². The van der Waals surface area contributed by atoms with Crippen LogP contribution in [0.5, 0.6) is 11.5 Å².